The average Bonchev–Trinajstić information content (AvgIpc) is 2.38. The molecule has 0 bridgehead atoms. The Morgan fingerprint density at radius 2 is 2.11 bits per heavy atom. The molecule has 0 saturated carbocycles. The molecule has 0 saturated heterocycles. The predicted octanol–water partition coefficient (Wildman–Crippen LogP) is 0.889. The van der Waals surface area contributed by atoms with Gasteiger partial charge in [0.15, 0.2) is 11.5 Å². The number of aliphatic hydroxyl groups excluding tert-OH is 1. The van der Waals surface area contributed by atoms with Gasteiger partial charge in [0.2, 0.25) is 0 Å². The highest BCUT2D eigenvalue weighted by molar-refractivity contribution is 5.41. The number of aliphatic hydroxyl groups is 1. The molecular weight excluding hydrogens is 234 g/mol. The van der Waals surface area contributed by atoms with Crippen LogP contribution in [0.3, 0.4) is 0 Å². The Morgan fingerprint density at radius 3 is 2.78 bits per heavy atom. The van der Waals surface area contributed by atoms with Crippen LogP contribution in [-0.4, -0.2) is 43.7 Å². The van der Waals surface area contributed by atoms with Crippen molar-refractivity contribution < 1.29 is 19.7 Å². The van der Waals surface area contributed by atoms with Crippen LogP contribution in [-0.2, 0) is 11.3 Å². The molecule has 3 N–H and O–H groups in total. The number of hydrogen-bond donors (Lipinski definition) is 3. The summed E-state index contributed by atoms with van der Waals surface area (Å²) in [6, 6.07) is 5.35. The van der Waals surface area contributed by atoms with Gasteiger partial charge in [-0.05, 0) is 30.7 Å². The number of rotatable bonds is 9. The highest BCUT2D eigenvalue weighted by Gasteiger charge is 2.01. The van der Waals surface area contributed by atoms with Crippen LogP contribution in [0.4, 0.5) is 0 Å². The molecule has 1 rings (SSSR count). The lowest BCUT2D eigenvalue weighted by atomic mass is 10.2. The van der Waals surface area contributed by atoms with Crippen LogP contribution in [0.1, 0.15) is 12.0 Å². The zero-order valence-corrected chi connectivity index (χ0v) is 10.7. The molecule has 0 atom stereocenters. The first-order valence-corrected chi connectivity index (χ1v) is 6.03. The van der Waals surface area contributed by atoms with Gasteiger partial charge in [0.05, 0.1) is 20.3 Å². The van der Waals surface area contributed by atoms with E-state index in [1.165, 1.54) is 7.11 Å². The molecule has 102 valence electrons. The Labute approximate surface area is 107 Å². The van der Waals surface area contributed by atoms with Crippen molar-refractivity contribution in [2.45, 2.75) is 13.0 Å². The smallest absolute Gasteiger partial charge is 0.160 e. The molecule has 1 aromatic carbocycles. The van der Waals surface area contributed by atoms with Crippen LogP contribution in [0.25, 0.3) is 0 Å². The number of ether oxygens (including phenoxy) is 2. The number of aromatic hydroxyl groups is 1. The Hall–Kier alpha value is -1.30. The lowest BCUT2D eigenvalue weighted by Gasteiger charge is -2.08. The van der Waals surface area contributed by atoms with Crippen molar-refractivity contribution >= 4 is 0 Å². The molecule has 0 amide bonds. The van der Waals surface area contributed by atoms with Crippen LogP contribution < -0.4 is 10.1 Å². The largest absolute Gasteiger partial charge is 0.504 e. The van der Waals surface area contributed by atoms with E-state index >= 15 is 0 Å². The monoisotopic (exact) mass is 255 g/mol. The summed E-state index contributed by atoms with van der Waals surface area (Å²) in [6.45, 7) is 2.63. The number of hydrogen-bond acceptors (Lipinski definition) is 5. The molecule has 0 aliphatic carbocycles. The van der Waals surface area contributed by atoms with Crippen molar-refractivity contribution in [3.63, 3.8) is 0 Å². The lowest BCUT2D eigenvalue weighted by Crippen LogP contribution is -2.16. The number of phenols is 1. The van der Waals surface area contributed by atoms with Crippen LogP contribution in [0, 0.1) is 0 Å². The van der Waals surface area contributed by atoms with E-state index in [1.54, 1.807) is 12.1 Å². The Kier molecular flexibility index (Phi) is 7.17. The van der Waals surface area contributed by atoms with Gasteiger partial charge in [-0.3, -0.25) is 0 Å². The zero-order chi connectivity index (χ0) is 13.2. The van der Waals surface area contributed by atoms with E-state index in [0.717, 1.165) is 18.5 Å². The van der Waals surface area contributed by atoms with Gasteiger partial charge >= 0.3 is 0 Å². The summed E-state index contributed by atoms with van der Waals surface area (Å²) < 4.78 is 10.1. The highest BCUT2D eigenvalue weighted by Crippen LogP contribution is 2.25. The predicted molar refractivity (Wildman–Crippen MR) is 68.9 cm³/mol. The Balaban J connectivity index is 2.17. The third-order valence-electron chi connectivity index (χ3n) is 2.45. The number of phenolic OH excluding ortho intramolecular Hbond substituents is 1. The second kappa shape index (κ2) is 8.74. The van der Waals surface area contributed by atoms with E-state index in [1.807, 2.05) is 6.07 Å². The first kappa shape index (κ1) is 14.8. The van der Waals surface area contributed by atoms with Crippen LogP contribution in [0.15, 0.2) is 18.2 Å². The minimum atomic E-state index is 0.0680. The molecule has 5 nitrogen and oxygen atoms in total. The summed E-state index contributed by atoms with van der Waals surface area (Å²) in [5.41, 5.74) is 1.00. The first-order valence-electron chi connectivity index (χ1n) is 6.03. The molecule has 0 unspecified atom stereocenters. The summed E-state index contributed by atoms with van der Waals surface area (Å²) in [5.74, 6) is 0.638. The van der Waals surface area contributed by atoms with Gasteiger partial charge in [-0.1, -0.05) is 6.07 Å². The third-order valence-corrected chi connectivity index (χ3v) is 2.45. The number of nitrogens with one attached hydrogen (secondary N) is 1. The van der Waals surface area contributed by atoms with Gasteiger partial charge in [0.25, 0.3) is 0 Å². The third kappa shape index (κ3) is 5.35. The normalized spacial score (nSPS) is 10.6. The number of benzene rings is 1. The van der Waals surface area contributed by atoms with Gasteiger partial charge in [-0.2, -0.15) is 0 Å². The minimum Gasteiger partial charge on any atom is -0.504 e. The van der Waals surface area contributed by atoms with Gasteiger partial charge in [-0.15, -0.1) is 0 Å². The van der Waals surface area contributed by atoms with Crippen molar-refractivity contribution in [1.29, 1.82) is 0 Å². The van der Waals surface area contributed by atoms with Crippen LogP contribution in [0.2, 0.25) is 0 Å². The highest BCUT2D eigenvalue weighted by atomic mass is 16.5. The minimum absolute atomic E-state index is 0.0680. The van der Waals surface area contributed by atoms with E-state index < -0.39 is 0 Å². The molecule has 0 heterocycles. The van der Waals surface area contributed by atoms with Crippen LogP contribution in [0.5, 0.6) is 11.5 Å². The van der Waals surface area contributed by atoms with Gasteiger partial charge in [0.1, 0.15) is 0 Å². The Morgan fingerprint density at radius 1 is 1.28 bits per heavy atom. The molecule has 0 radical (unpaired) electrons. The fourth-order valence-electron chi connectivity index (χ4n) is 1.54. The maximum atomic E-state index is 9.59. The molecule has 0 fully saturated rings. The number of methoxy groups -OCH3 is 1. The quantitative estimate of drug-likeness (QED) is 0.572. The van der Waals surface area contributed by atoms with Crippen molar-refractivity contribution in [2.75, 3.05) is 33.5 Å². The average molecular weight is 255 g/mol. The van der Waals surface area contributed by atoms with Gasteiger partial charge < -0.3 is 25.0 Å². The van der Waals surface area contributed by atoms with Crippen LogP contribution >= 0.6 is 0 Å². The first-order chi connectivity index (χ1) is 8.77. The lowest BCUT2D eigenvalue weighted by molar-refractivity contribution is 0.0907. The second-order valence-electron chi connectivity index (χ2n) is 3.87. The van der Waals surface area contributed by atoms with E-state index in [2.05, 4.69) is 5.32 Å². The van der Waals surface area contributed by atoms with Crippen molar-refractivity contribution in [1.82, 2.24) is 5.32 Å². The molecule has 0 aromatic heterocycles. The van der Waals surface area contributed by atoms with E-state index in [0.29, 0.717) is 25.5 Å². The summed E-state index contributed by atoms with van der Waals surface area (Å²) in [4.78, 5) is 0. The fourth-order valence-corrected chi connectivity index (χ4v) is 1.54. The molecule has 5 heteroatoms. The van der Waals surface area contributed by atoms with E-state index in [-0.39, 0.29) is 12.4 Å². The SMILES string of the molecule is COc1ccc(CNCCCOCCO)cc1O. The summed E-state index contributed by atoms with van der Waals surface area (Å²) >= 11 is 0. The molecule has 0 aliphatic rings. The standard InChI is InChI=1S/C13H21NO4/c1-17-13-4-3-11(9-12(13)16)10-14-5-2-7-18-8-6-15/h3-4,9,14-16H,2,5-8,10H2,1H3. The Bertz CT molecular complexity index is 344. The zero-order valence-electron chi connectivity index (χ0n) is 10.7. The second-order valence-corrected chi connectivity index (χ2v) is 3.87. The van der Waals surface area contributed by atoms with Crippen molar-refractivity contribution in [2.24, 2.45) is 0 Å². The van der Waals surface area contributed by atoms with Crippen molar-refractivity contribution in [3.8, 4) is 11.5 Å². The maximum Gasteiger partial charge on any atom is 0.160 e. The molecule has 1 aromatic rings. The molecular formula is C13H21NO4. The summed E-state index contributed by atoms with van der Waals surface area (Å²) in [5, 5.41) is 21.4. The van der Waals surface area contributed by atoms with Gasteiger partial charge in [-0.25, -0.2) is 0 Å². The van der Waals surface area contributed by atoms with E-state index in [4.69, 9.17) is 14.6 Å². The molecule has 0 aliphatic heterocycles. The van der Waals surface area contributed by atoms with E-state index in [9.17, 15) is 5.11 Å². The molecule has 18 heavy (non-hydrogen) atoms. The van der Waals surface area contributed by atoms with Gasteiger partial charge in [0, 0.05) is 13.2 Å². The maximum absolute atomic E-state index is 9.59. The summed E-state index contributed by atoms with van der Waals surface area (Å²) in [6.07, 6.45) is 0.891. The fraction of sp³-hybridized carbons (Fsp3) is 0.538. The molecule has 0 spiro atoms. The summed E-state index contributed by atoms with van der Waals surface area (Å²) in [7, 11) is 1.53. The van der Waals surface area contributed by atoms with Crippen molar-refractivity contribution in [3.05, 3.63) is 23.8 Å². The topological polar surface area (TPSA) is 71.0 Å².